The van der Waals surface area contributed by atoms with Crippen molar-refractivity contribution in [1.82, 2.24) is 24.9 Å². The van der Waals surface area contributed by atoms with Crippen molar-refractivity contribution < 1.29 is 9.59 Å². The molecule has 1 unspecified atom stereocenters. The lowest BCUT2D eigenvalue weighted by molar-refractivity contribution is -0.143. The number of aromatic amines is 1. The Bertz CT molecular complexity index is 630. The summed E-state index contributed by atoms with van der Waals surface area (Å²) in [5.74, 6) is 0.528. The number of carbonyl (C=O) groups is 2. The molecule has 0 aromatic carbocycles. The molecule has 1 spiro atoms. The van der Waals surface area contributed by atoms with Crippen molar-refractivity contribution in [2.24, 2.45) is 5.41 Å². The molecule has 27 heavy (non-hydrogen) atoms. The van der Waals surface area contributed by atoms with Crippen LogP contribution in [0.4, 0.5) is 0 Å². The van der Waals surface area contributed by atoms with Gasteiger partial charge in [-0.3, -0.25) is 14.7 Å². The van der Waals surface area contributed by atoms with E-state index in [4.69, 9.17) is 0 Å². The lowest BCUT2D eigenvalue weighted by Crippen LogP contribution is -2.55. The Kier molecular flexibility index (Phi) is 6.52. The van der Waals surface area contributed by atoms with E-state index in [1.807, 2.05) is 31.4 Å². The van der Waals surface area contributed by atoms with Crippen LogP contribution in [-0.4, -0.2) is 83.5 Å². The van der Waals surface area contributed by atoms with E-state index in [2.05, 4.69) is 20.0 Å². The average molecular weight is 376 g/mol. The first-order chi connectivity index (χ1) is 13.0. The number of hydrogen-bond donors (Lipinski definition) is 1. The normalized spacial score (nSPS) is 23.4. The van der Waals surface area contributed by atoms with Gasteiger partial charge in [0.15, 0.2) is 0 Å². The topological polar surface area (TPSA) is 72.5 Å². The molecular formula is C20H33N5O2. The predicted octanol–water partition coefficient (Wildman–Crippen LogP) is 1.53. The molecule has 2 saturated heterocycles. The number of aryl methyl sites for hydroxylation is 1. The summed E-state index contributed by atoms with van der Waals surface area (Å²) in [4.78, 5) is 31.2. The first-order valence-electron chi connectivity index (χ1n) is 10.2. The zero-order valence-electron chi connectivity index (χ0n) is 16.7. The van der Waals surface area contributed by atoms with Crippen LogP contribution >= 0.6 is 0 Å². The number of H-pyrrole nitrogens is 1. The van der Waals surface area contributed by atoms with Crippen LogP contribution in [0.15, 0.2) is 12.4 Å². The number of carbonyl (C=O) groups excluding carboxylic acids is 2. The summed E-state index contributed by atoms with van der Waals surface area (Å²) < 4.78 is 0. The van der Waals surface area contributed by atoms with Gasteiger partial charge < -0.3 is 14.7 Å². The quantitative estimate of drug-likeness (QED) is 0.784. The molecule has 1 aromatic heterocycles. The molecule has 1 atom stereocenters. The highest BCUT2D eigenvalue weighted by atomic mass is 16.2. The number of hydrogen-bond acceptors (Lipinski definition) is 4. The van der Waals surface area contributed by atoms with E-state index >= 15 is 0 Å². The van der Waals surface area contributed by atoms with Crippen molar-refractivity contribution in [3.63, 3.8) is 0 Å². The zero-order valence-corrected chi connectivity index (χ0v) is 16.7. The second kappa shape index (κ2) is 8.87. The van der Waals surface area contributed by atoms with Crippen LogP contribution in [-0.2, 0) is 16.0 Å². The van der Waals surface area contributed by atoms with Crippen LogP contribution in [0, 0.1) is 5.41 Å². The molecule has 2 aliphatic rings. The van der Waals surface area contributed by atoms with Crippen molar-refractivity contribution in [3.8, 4) is 0 Å². The molecule has 2 aliphatic heterocycles. The average Bonchev–Trinajstić information content (AvgIpc) is 3.16. The Hall–Kier alpha value is -1.89. The highest BCUT2D eigenvalue weighted by Crippen LogP contribution is 2.39. The van der Waals surface area contributed by atoms with Gasteiger partial charge in [-0.1, -0.05) is 0 Å². The number of rotatable bonds is 7. The first-order valence-corrected chi connectivity index (χ1v) is 10.2. The number of likely N-dealkylation sites (tertiary alicyclic amines) is 2. The lowest BCUT2D eigenvalue weighted by Gasteiger charge is -2.48. The molecular weight excluding hydrogens is 342 g/mol. The maximum atomic E-state index is 12.7. The number of piperidine rings is 2. The minimum atomic E-state index is 0.0959. The third-order valence-corrected chi connectivity index (χ3v) is 5.99. The Morgan fingerprint density at radius 3 is 2.93 bits per heavy atom. The molecule has 0 bridgehead atoms. The van der Waals surface area contributed by atoms with Gasteiger partial charge in [-0.25, -0.2) is 0 Å². The fourth-order valence-electron chi connectivity index (χ4n) is 4.40. The minimum absolute atomic E-state index is 0.0959. The minimum Gasteiger partial charge on any atom is -0.342 e. The van der Waals surface area contributed by atoms with Crippen molar-refractivity contribution in [3.05, 3.63) is 18.0 Å². The summed E-state index contributed by atoms with van der Waals surface area (Å²) in [6, 6.07) is 0. The monoisotopic (exact) mass is 375 g/mol. The summed E-state index contributed by atoms with van der Waals surface area (Å²) in [7, 11) is 4.07. The summed E-state index contributed by atoms with van der Waals surface area (Å²) >= 11 is 0. The maximum Gasteiger partial charge on any atom is 0.222 e. The van der Waals surface area contributed by atoms with Crippen LogP contribution < -0.4 is 0 Å². The third kappa shape index (κ3) is 5.31. The predicted molar refractivity (Wildman–Crippen MR) is 104 cm³/mol. The van der Waals surface area contributed by atoms with Gasteiger partial charge in [0.2, 0.25) is 11.8 Å². The fraction of sp³-hybridized carbons (Fsp3) is 0.750. The molecule has 7 nitrogen and oxygen atoms in total. The van der Waals surface area contributed by atoms with Crippen LogP contribution in [0.3, 0.4) is 0 Å². The molecule has 0 saturated carbocycles. The molecule has 0 aliphatic carbocycles. The van der Waals surface area contributed by atoms with E-state index in [0.29, 0.717) is 12.8 Å². The molecule has 150 valence electrons. The first kappa shape index (κ1) is 19.9. The molecule has 3 heterocycles. The number of amides is 2. The highest BCUT2D eigenvalue weighted by molar-refractivity contribution is 5.78. The second-order valence-electron chi connectivity index (χ2n) is 8.50. The van der Waals surface area contributed by atoms with Crippen molar-refractivity contribution in [1.29, 1.82) is 0 Å². The third-order valence-electron chi connectivity index (χ3n) is 5.99. The van der Waals surface area contributed by atoms with E-state index in [-0.39, 0.29) is 17.2 Å². The van der Waals surface area contributed by atoms with Gasteiger partial charge in [-0.15, -0.1) is 0 Å². The van der Waals surface area contributed by atoms with Crippen molar-refractivity contribution in [2.45, 2.75) is 44.9 Å². The largest absolute Gasteiger partial charge is 0.342 e. The van der Waals surface area contributed by atoms with Crippen LogP contribution in [0.2, 0.25) is 0 Å². The second-order valence-corrected chi connectivity index (χ2v) is 8.50. The van der Waals surface area contributed by atoms with E-state index < -0.39 is 0 Å². The highest BCUT2D eigenvalue weighted by Gasteiger charge is 2.42. The Balaban J connectivity index is 1.52. The molecule has 0 radical (unpaired) electrons. The van der Waals surface area contributed by atoms with Crippen molar-refractivity contribution >= 4 is 11.8 Å². The summed E-state index contributed by atoms with van der Waals surface area (Å²) in [5.41, 5.74) is 1.25. The Morgan fingerprint density at radius 1 is 1.33 bits per heavy atom. The summed E-state index contributed by atoms with van der Waals surface area (Å²) in [5, 5.41) is 6.76. The molecule has 1 N–H and O–H groups in total. The van der Waals surface area contributed by atoms with E-state index in [0.717, 1.165) is 70.4 Å². The SMILES string of the molecule is CN(C)CCN1CC2(CCCN(C(=O)CCCc3cn[nH]c3)C2)CCC1=O. The molecule has 2 fully saturated rings. The molecule has 2 amide bonds. The molecule has 3 rings (SSSR count). The number of likely N-dealkylation sites (N-methyl/N-ethyl adjacent to an activating group) is 1. The molecule has 1 aromatic rings. The van der Waals surface area contributed by atoms with Gasteiger partial charge in [-0.05, 0) is 51.8 Å². The van der Waals surface area contributed by atoms with Gasteiger partial charge in [0.05, 0.1) is 6.20 Å². The van der Waals surface area contributed by atoms with Gasteiger partial charge in [0.1, 0.15) is 0 Å². The van der Waals surface area contributed by atoms with E-state index in [1.165, 1.54) is 0 Å². The van der Waals surface area contributed by atoms with Crippen LogP contribution in [0.5, 0.6) is 0 Å². The number of nitrogens with one attached hydrogen (secondary N) is 1. The zero-order chi connectivity index (χ0) is 19.3. The van der Waals surface area contributed by atoms with Gasteiger partial charge in [0, 0.05) is 57.2 Å². The van der Waals surface area contributed by atoms with Gasteiger partial charge >= 0.3 is 0 Å². The lowest BCUT2D eigenvalue weighted by atomic mass is 9.73. The smallest absolute Gasteiger partial charge is 0.222 e. The van der Waals surface area contributed by atoms with Gasteiger partial charge in [0.25, 0.3) is 0 Å². The standard InChI is InChI=1S/C20H33N5O2/c1-23(2)11-12-25-16-20(9-7-19(25)27)8-4-10-24(15-20)18(26)6-3-5-17-13-21-22-14-17/h13-14H,3-12,15-16H2,1-2H3,(H,21,22). The Labute approximate surface area is 162 Å². The van der Waals surface area contributed by atoms with E-state index in [1.54, 1.807) is 0 Å². The van der Waals surface area contributed by atoms with Crippen LogP contribution in [0.25, 0.3) is 0 Å². The number of aromatic nitrogens is 2. The van der Waals surface area contributed by atoms with Crippen molar-refractivity contribution in [2.75, 3.05) is 46.8 Å². The molecule has 7 heteroatoms. The summed E-state index contributed by atoms with van der Waals surface area (Å²) in [6.07, 6.45) is 9.75. The fourth-order valence-corrected chi connectivity index (χ4v) is 4.40. The van der Waals surface area contributed by atoms with Crippen LogP contribution in [0.1, 0.15) is 44.1 Å². The Morgan fingerprint density at radius 2 is 2.19 bits per heavy atom. The maximum absolute atomic E-state index is 12.7. The van der Waals surface area contributed by atoms with E-state index in [9.17, 15) is 9.59 Å². The number of nitrogens with zero attached hydrogens (tertiary/aromatic N) is 4. The summed E-state index contributed by atoms with van der Waals surface area (Å²) in [6.45, 7) is 4.14. The van der Waals surface area contributed by atoms with Gasteiger partial charge in [-0.2, -0.15) is 5.10 Å².